The number of ether oxygens (including phenoxy) is 1. The SMILES string of the molecule is CCOC(=O)C(NC(C)=O)(Nc1nc2ccccc2s1)C(F)(F)F. The lowest BCUT2D eigenvalue weighted by Crippen LogP contribution is -2.69. The van der Waals surface area contributed by atoms with Crippen molar-refractivity contribution in [2.75, 3.05) is 11.9 Å². The minimum absolute atomic E-state index is 0.171. The normalized spacial score (nSPS) is 14.0. The minimum Gasteiger partial charge on any atom is -0.463 e. The van der Waals surface area contributed by atoms with Gasteiger partial charge in [0, 0.05) is 6.92 Å². The van der Waals surface area contributed by atoms with Gasteiger partial charge in [-0.3, -0.25) is 4.79 Å². The van der Waals surface area contributed by atoms with Gasteiger partial charge in [-0.15, -0.1) is 0 Å². The molecule has 0 aliphatic heterocycles. The molecule has 6 nitrogen and oxygen atoms in total. The van der Waals surface area contributed by atoms with Crippen molar-refractivity contribution in [3.63, 3.8) is 0 Å². The van der Waals surface area contributed by atoms with Gasteiger partial charge in [-0.05, 0) is 19.1 Å². The number of carbonyl (C=O) groups excluding carboxylic acids is 2. The molecule has 0 aliphatic carbocycles. The van der Waals surface area contributed by atoms with Crippen LogP contribution in [0.25, 0.3) is 10.2 Å². The van der Waals surface area contributed by atoms with E-state index in [0.29, 0.717) is 10.2 Å². The number of esters is 1. The lowest BCUT2D eigenvalue weighted by molar-refractivity contribution is -0.207. The summed E-state index contributed by atoms with van der Waals surface area (Å²) in [5.41, 5.74) is -2.95. The first-order valence-electron chi connectivity index (χ1n) is 6.86. The fourth-order valence-corrected chi connectivity index (χ4v) is 2.90. The van der Waals surface area contributed by atoms with Crippen LogP contribution in [0.5, 0.6) is 0 Å². The summed E-state index contributed by atoms with van der Waals surface area (Å²) in [6.45, 7) is 1.96. The minimum atomic E-state index is -5.15. The molecule has 2 aromatic rings. The van der Waals surface area contributed by atoms with Crippen molar-refractivity contribution < 1.29 is 27.5 Å². The molecule has 0 radical (unpaired) electrons. The van der Waals surface area contributed by atoms with Crippen molar-refractivity contribution >= 4 is 38.6 Å². The number of rotatable bonds is 5. The zero-order valence-electron chi connectivity index (χ0n) is 12.7. The van der Waals surface area contributed by atoms with E-state index in [9.17, 15) is 22.8 Å². The summed E-state index contributed by atoms with van der Waals surface area (Å²) in [5.74, 6) is -2.71. The second-order valence-electron chi connectivity index (χ2n) is 4.76. The third-order valence-corrected chi connectivity index (χ3v) is 3.91. The Hall–Kier alpha value is -2.36. The van der Waals surface area contributed by atoms with E-state index in [1.165, 1.54) is 6.92 Å². The van der Waals surface area contributed by atoms with Crippen molar-refractivity contribution in [3.05, 3.63) is 24.3 Å². The largest absolute Gasteiger partial charge is 0.463 e. The van der Waals surface area contributed by atoms with E-state index < -0.39 is 23.7 Å². The number of nitrogens with zero attached hydrogens (tertiary/aromatic N) is 1. The summed E-state index contributed by atoms with van der Waals surface area (Å²) < 4.78 is 46.1. The first-order chi connectivity index (χ1) is 11.2. The number of alkyl halides is 3. The number of halogens is 3. The Bertz CT molecular complexity index is 729. The number of benzene rings is 1. The first kappa shape index (κ1) is 18.0. The number of thiazole rings is 1. The Morgan fingerprint density at radius 1 is 1.29 bits per heavy atom. The molecule has 1 unspecified atom stereocenters. The van der Waals surface area contributed by atoms with E-state index in [-0.39, 0.29) is 11.7 Å². The number of hydrogen-bond donors (Lipinski definition) is 2. The fraction of sp³-hybridized carbons (Fsp3) is 0.357. The highest BCUT2D eigenvalue weighted by Crippen LogP contribution is 2.35. The van der Waals surface area contributed by atoms with Crippen LogP contribution in [-0.4, -0.2) is 35.3 Å². The van der Waals surface area contributed by atoms with Crippen molar-refractivity contribution in [2.45, 2.75) is 25.7 Å². The van der Waals surface area contributed by atoms with Crippen LogP contribution in [0, 0.1) is 0 Å². The quantitative estimate of drug-likeness (QED) is 0.632. The molecule has 0 aliphatic rings. The van der Waals surface area contributed by atoms with Gasteiger partial charge in [0.05, 0.1) is 16.8 Å². The van der Waals surface area contributed by atoms with Gasteiger partial charge in [0.2, 0.25) is 5.91 Å². The first-order valence-corrected chi connectivity index (χ1v) is 7.67. The zero-order valence-corrected chi connectivity index (χ0v) is 13.5. The van der Waals surface area contributed by atoms with Crippen LogP contribution in [0.1, 0.15) is 13.8 Å². The topological polar surface area (TPSA) is 80.3 Å². The van der Waals surface area contributed by atoms with Crippen LogP contribution >= 0.6 is 11.3 Å². The van der Waals surface area contributed by atoms with Gasteiger partial charge in [0.1, 0.15) is 0 Å². The van der Waals surface area contributed by atoms with Gasteiger partial charge in [0.15, 0.2) is 5.13 Å². The van der Waals surface area contributed by atoms with Gasteiger partial charge in [0.25, 0.3) is 0 Å². The van der Waals surface area contributed by atoms with Crippen LogP contribution in [-0.2, 0) is 14.3 Å². The van der Waals surface area contributed by atoms with Crippen LogP contribution in [0.4, 0.5) is 18.3 Å². The molecule has 0 fully saturated rings. The van der Waals surface area contributed by atoms with Gasteiger partial charge in [-0.25, -0.2) is 9.78 Å². The van der Waals surface area contributed by atoms with Crippen LogP contribution in [0.3, 0.4) is 0 Å². The molecule has 130 valence electrons. The molecular formula is C14H14F3N3O3S. The molecule has 2 N–H and O–H groups in total. The van der Waals surface area contributed by atoms with Crippen molar-refractivity contribution in [1.29, 1.82) is 0 Å². The van der Waals surface area contributed by atoms with E-state index in [2.05, 4.69) is 9.72 Å². The summed E-state index contributed by atoms with van der Waals surface area (Å²) >= 11 is 0.922. The molecule has 0 bridgehead atoms. The smallest absolute Gasteiger partial charge is 0.442 e. The number of aromatic nitrogens is 1. The fourth-order valence-electron chi connectivity index (χ4n) is 1.98. The monoisotopic (exact) mass is 361 g/mol. The molecule has 1 amide bonds. The predicted molar refractivity (Wildman–Crippen MR) is 82.5 cm³/mol. The highest BCUT2D eigenvalue weighted by molar-refractivity contribution is 7.22. The highest BCUT2D eigenvalue weighted by atomic mass is 32.1. The third-order valence-electron chi connectivity index (χ3n) is 2.96. The molecule has 1 aromatic heterocycles. The molecule has 2 rings (SSSR count). The number of carbonyl (C=O) groups is 2. The number of nitrogens with one attached hydrogen (secondary N) is 2. The highest BCUT2D eigenvalue weighted by Gasteiger charge is 2.63. The Kier molecular flexibility index (Phi) is 4.97. The molecular weight excluding hydrogens is 347 g/mol. The zero-order chi connectivity index (χ0) is 18.0. The van der Waals surface area contributed by atoms with Crippen molar-refractivity contribution in [1.82, 2.24) is 10.3 Å². The molecule has 1 aromatic carbocycles. The second kappa shape index (κ2) is 6.63. The maximum Gasteiger partial charge on any atom is 0.442 e. The average Bonchev–Trinajstić information content (AvgIpc) is 2.87. The maximum atomic E-state index is 13.6. The Morgan fingerprint density at radius 2 is 1.96 bits per heavy atom. The Labute approximate surface area is 139 Å². The number of para-hydroxylation sites is 1. The van der Waals surface area contributed by atoms with Crippen LogP contribution < -0.4 is 10.6 Å². The number of amides is 1. The van der Waals surface area contributed by atoms with Crippen LogP contribution in [0.15, 0.2) is 24.3 Å². The Morgan fingerprint density at radius 3 is 2.50 bits per heavy atom. The lowest BCUT2D eigenvalue weighted by Gasteiger charge is -2.33. The predicted octanol–water partition coefficient (Wildman–Crippen LogP) is 2.67. The maximum absolute atomic E-state index is 13.6. The van der Waals surface area contributed by atoms with Gasteiger partial charge >= 0.3 is 17.8 Å². The number of hydrogen-bond acceptors (Lipinski definition) is 6. The summed E-state index contributed by atoms with van der Waals surface area (Å²) in [6.07, 6.45) is -5.15. The van der Waals surface area contributed by atoms with E-state index in [4.69, 9.17) is 0 Å². The molecule has 10 heteroatoms. The van der Waals surface area contributed by atoms with E-state index >= 15 is 0 Å². The second-order valence-corrected chi connectivity index (χ2v) is 5.79. The summed E-state index contributed by atoms with van der Waals surface area (Å²) in [7, 11) is 0. The van der Waals surface area contributed by atoms with Gasteiger partial charge in [-0.1, -0.05) is 23.5 Å². The number of anilines is 1. The standard InChI is InChI=1S/C14H14F3N3O3S/c1-3-23-11(22)13(14(15,16)17,19-8(2)21)20-12-18-9-6-4-5-7-10(9)24-12/h4-7H,3H2,1-2H3,(H,18,20)(H,19,21). The molecule has 1 atom stereocenters. The molecule has 0 saturated heterocycles. The van der Waals surface area contributed by atoms with E-state index in [1.54, 1.807) is 29.6 Å². The molecule has 1 heterocycles. The van der Waals surface area contributed by atoms with Crippen LogP contribution in [0.2, 0.25) is 0 Å². The number of fused-ring (bicyclic) bond motifs is 1. The van der Waals surface area contributed by atoms with E-state index in [1.807, 2.05) is 5.32 Å². The third kappa shape index (κ3) is 3.42. The average molecular weight is 361 g/mol. The van der Waals surface area contributed by atoms with Gasteiger partial charge < -0.3 is 15.4 Å². The van der Waals surface area contributed by atoms with Gasteiger partial charge in [-0.2, -0.15) is 13.2 Å². The summed E-state index contributed by atoms with van der Waals surface area (Å²) in [6, 6.07) is 6.69. The Balaban J connectivity index is 2.50. The van der Waals surface area contributed by atoms with Crippen molar-refractivity contribution in [3.8, 4) is 0 Å². The summed E-state index contributed by atoms with van der Waals surface area (Å²) in [4.78, 5) is 27.3. The molecule has 0 spiro atoms. The van der Waals surface area contributed by atoms with Crippen molar-refractivity contribution in [2.24, 2.45) is 0 Å². The summed E-state index contributed by atoms with van der Waals surface area (Å²) in [5, 5.41) is 3.47. The van der Waals surface area contributed by atoms with E-state index in [0.717, 1.165) is 18.3 Å². The molecule has 24 heavy (non-hydrogen) atoms. The molecule has 0 saturated carbocycles. The lowest BCUT2D eigenvalue weighted by atomic mass is 10.1.